The standard InChI is InChI=1S/2C14H19NO3/c2*1-7-8(2)12-10(9(3)11(7)16)5-6-14(4,18-12)13(15)17/h2*16H,5-6H2,1-4H3,(H2,15,17)/t2*14-/m10/s1. The second-order valence-electron chi connectivity index (χ2n) is 10.5. The lowest BCUT2D eigenvalue weighted by Gasteiger charge is -2.35. The lowest BCUT2D eigenvalue weighted by atomic mass is 9.87. The molecular weight excluding hydrogens is 460 g/mol. The Morgan fingerprint density at radius 1 is 0.639 bits per heavy atom. The Kier molecular flexibility index (Phi) is 6.96. The summed E-state index contributed by atoms with van der Waals surface area (Å²) in [6, 6.07) is 0. The number of nitrogens with two attached hydrogens (primary N) is 2. The quantitative estimate of drug-likeness (QED) is 0.496. The van der Waals surface area contributed by atoms with Crippen LogP contribution in [-0.2, 0) is 22.4 Å². The zero-order valence-corrected chi connectivity index (χ0v) is 22.5. The molecule has 36 heavy (non-hydrogen) atoms. The number of hydrogen-bond acceptors (Lipinski definition) is 6. The molecule has 196 valence electrons. The third-order valence-electron chi connectivity index (χ3n) is 8.08. The SMILES string of the molecule is Cc1c(C)c2c(c(C)c1O)CC[C@@](C)(C(N)=O)O2.Cc1c(C)c2c(c(C)c1O)CC[C@](C)(C(N)=O)O2. The van der Waals surface area contributed by atoms with Crippen molar-refractivity contribution in [2.45, 2.75) is 92.3 Å². The van der Waals surface area contributed by atoms with Crippen LogP contribution in [-0.4, -0.2) is 33.2 Å². The van der Waals surface area contributed by atoms with Crippen molar-refractivity contribution in [2.75, 3.05) is 0 Å². The van der Waals surface area contributed by atoms with Crippen molar-refractivity contribution in [3.05, 3.63) is 44.5 Å². The van der Waals surface area contributed by atoms with E-state index in [9.17, 15) is 19.8 Å². The minimum absolute atomic E-state index is 0.317. The number of ether oxygens (including phenoxy) is 2. The van der Waals surface area contributed by atoms with E-state index in [4.69, 9.17) is 20.9 Å². The topological polar surface area (TPSA) is 145 Å². The summed E-state index contributed by atoms with van der Waals surface area (Å²) in [7, 11) is 0. The number of phenolic OH excluding ortho intramolecular Hbond substituents is 2. The van der Waals surface area contributed by atoms with Crippen LogP contribution in [0.15, 0.2) is 0 Å². The molecule has 2 amide bonds. The third kappa shape index (κ3) is 4.33. The molecule has 0 fully saturated rings. The average Bonchev–Trinajstić information content (AvgIpc) is 2.83. The van der Waals surface area contributed by atoms with Crippen molar-refractivity contribution in [3.63, 3.8) is 0 Å². The monoisotopic (exact) mass is 498 g/mol. The van der Waals surface area contributed by atoms with Crippen LogP contribution in [0.1, 0.15) is 71.2 Å². The molecule has 0 radical (unpaired) electrons. The predicted molar refractivity (Wildman–Crippen MR) is 138 cm³/mol. The van der Waals surface area contributed by atoms with Gasteiger partial charge in [-0.25, -0.2) is 0 Å². The molecule has 0 aromatic heterocycles. The molecule has 4 rings (SSSR count). The molecule has 2 aliphatic rings. The number of hydrogen-bond donors (Lipinski definition) is 4. The van der Waals surface area contributed by atoms with Crippen molar-refractivity contribution in [1.82, 2.24) is 0 Å². The molecule has 0 saturated carbocycles. The molecule has 8 nitrogen and oxygen atoms in total. The average molecular weight is 499 g/mol. The van der Waals surface area contributed by atoms with E-state index in [0.29, 0.717) is 48.7 Å². The Labute approximate surface area is 212 Å². The molecule has 8 heteroatoms. The number of primary amides is 2. The van der Waals surface area contributed by atoms with Gasteiger partial charge in [0.05, 0.1) is 0 Å². The number of amides is 2. The third-order valence-corrected chi connectivity index (χ3v) is 8.08. The number of aromatic hydroxyl groups is 2. The van der Waals surface area contributed by atoms with Crippen molar-refractivity contribution in [3.8, 4) is 23.0 Å². The van der Waals surface area contributed by atoms with E-state index in [2.05, 4.69) is 0 Å². The fourth-order valence-electron chi connectivity index (χ4n) is 4.84. The van der Waals surface area contributed by atoms with Crippen molar-refractivity contribution in [2.24, 2.45) is 11.5 Å². The number of fused-ring (bicyclic) bond motifs is 2. The van der Waals surface area contributed by atoms with E-state index in [1.54, 1.807) is 13.8 Å². The van der Waals surface area contributed by atoms with Gasteiger partial charge in [0.2, 0.25) is 0 Å². The van der Waals surface area contributed by atoms with E-state index in [1.807, 2.05) is 41.5 Å². The molecule has 2 aliphatic heterocycles. The highest BCUT2D eigenvalue weighted by molar-refractivity contribution is 5.84. The van der Waals surface area contributed by atoms with Gasteiger partial charge in [-0.1, -0.05) is 0 Å². The van der Waals surface area contributed by atoms with Gasteiger partial charge in [0.1, 0.15) is 23.0 Å². The fraction of sp³-hybridized carbons (Fsp3) is 0.500. The molecule has 0 unspecified atom stereocenters. The lowest BCUT2D eigenvalue weighted by Crippen LogP contribution is -2.48. The summed E-state index contributed by atoms with van der Waals surface area (Å²) in [6.07, 6.45) is 2.46. The van der Waals surface area contributed by atoms with Gasteiger partial charge in [0, 0.05) is 24.0 Å². The molecular formula is C28H38N2O6. The Balaban J connectivity index is 0.000000201. The second-order valence-corrected chi connectivity index (χ2v) is 10.5. The first-order chi connectivity index (χ1) is 16.6. The molecule has 0 aliphatic carbocycles. The van der Waals surface area contributed by atoms with Crippen LogP contribution < -0.4 is 20.9 Å². The van der Waals surface area contributed by atoms with Gasteiger partial charge >= 0.3 is 0 Å². The normalized spacial score (nSPS) is 22.2. The second kappa shape index (κ2) is 9.22. The summed E-state index contributed by atoms with van der Waals surface area (Å²) in [5, 5.41) is 20.1. The minimum atomic E-state index is -0.951. The minimum Gasteiger partial charge on any atom is -0.507 e. The van der Waals surface area contributed by atoms with Gasteiger partial charge in [-0.05, 0) is 102 Å². The first-order valence-electron chi connectivity index (χ1n) is 12.2. The van der Waals surface area contributed by atoms with Crippen LogP contribution in [0.2, 0.25) is 0 Å². The fourth-order valence-corrected chi connectivity index (χ4v) is 4.84. The Morgan fingerprint density at radius 2 is 0.944 bits per heavy atom. The molecule has 2 heterocycles. The Morgan fingerprint density at radius 3 is 1.22 bits per heavy atom. The molecule has 2 aromatic carbocycles. The number of benzene rings is 2. The van der Waals surface area contributed by atoms with Crippen molar-refractivity contribution < 1.29 is 29.3 Å². The molecule has 0 bridgehead atoms. The van der Waals surface area contributed by atoms with E-state index in [1.165, 1.54) is 0 Å². The summed E-state index contributed by atoms with van der Waals surface area (Å²) >= 11 is 0. The van der Waals surface area contributed by atoms with Gasteiger partial charge in [-0.3, -0.25) is 9.59 Å². The highest BCUT2D eigenvalue weighted by Gasteiger charge is 2.40. The predicted octanol–water partition coefficient (Wildman–Crippen LogP) is 3.77. The highest BCUT2D eigenvalue weighted by atomic mass is 16.5. The summed E-state index contributed by atoms with van der Waals surface area (Å²) in [4.78, 5) is 23.0. The van der Waals surface area contributed by atoms with Crippen molar-refractivity contribution in [1.29, 1.82) is 0 Å². The van der Waals surface area contributed by atoms with Gasteiger partial charge in [0.15, 0.2) is 11.2 Å². The van der Waals surface area contributed by atoms with E-state index in [0.717, 1.165) is 44.5 Å². The maximum atomic E-state index is 11.5. The summed E-state index contributed by atoms with van der Waals surface area (Å²) in [5.41, 5.74) is 15.9. The van der Waals surface area contributed by atoms with Crippen LogP contribution in [0.4, 0.5) is 0 Å². The summed E-state index contributed by atoms with van der Waals surface area (Å²) < 4.78 is 11.7. The number of carbonyl (C=O) groups is 2. The molecule has 6 N–H and O–H groups in total. The molecule has 0 saturated heterocycles. The largest absolute Gasteiger partial charge is 0.507 e. The first kappa shape index (κ1) is 27.2. The zero-order chi connectivity index (χ0) is 27.3. The smallest absolute Gasteiger partial charge is 0.261 e. The summed E-state index contributed by atoms with van der Waals surface area (Å²) in [5.74, 6) is 1.15. The maximum Gasteiger partial charge on any atom is 0.261 e. The number of carbonyl (C=O) groups excluding carboxylic acids is 2. The number of rotatable bonds is 2. The Hall–Kier alpha value is -3.42. The lowest BCUT2D eigenvalue weighted by molar-refractivity contribution is -0.133. The first-order valence-corrected chi connectivity index (χ1v) is 12.2. The Bertz CT molecular complexity index is 1170. The van der Waals surface area contributed by atoms with Crippen LogP contribution in [0.25, 0.3) is 0 Å². The number of phenols is 2. The molecule has 2 aromatic rings. The zero-order valence-electron chi connectivity index (χ0n) is 22.5. The van der Waals surface area contributed by atoms with E-state index >= 15 is 0 Å². The van der Waals surface area contributed by atoms with Gasteiger partial charge in [-0.2, -0.15) is 0 Å². The van der Waals surface area contributed by atoms with Gasteiger partial charge < -0.3 is 31.2 Å². The van der Waals surface area contributed by atoms with Crippen LogP contribution in [0.3, 0.4) is 0 Å². The van der Waals surface area contributed by atoms with Crippen LogP contribution >= 0.6 is 0 Å². The molecule has 0 spiro atoms. The highest BCUT2D eigenvalue weighted by Crippen LogP contribution is 2.44. The maximum absolute atomic E-state index is 11.5. The van der Waals surface area contributed by atoms with Gasteiger partial charge in [-0.15, -0.1) is 0 Å². The van der Waals surface area contributed by atoms with E-state index < -0.39 is 23.0 Å². The van der Waals surface area contributed by atoms with Crippen molar-refractivity contribution >= 4 is 11.8 Å². The summed E-state index contributed by atoms with van der Waals surface area (Å²) in [6.45, 7) is 14.6. The van der Waals surface area contributed by atoms with Crippen LogP contribution in [0, 0.1) is 41.5 Å². The van der Waals surface area contributed by atoms with Gasteiger partial charge in [0.25, 0.3) is 11.8 Å². The van der Waals surface area contributed by atoms with E-state index in [-0.39, 0.29) is 0 Å². The van der Waals surface area contributed by atoms with Crippen LogP contribution in [0.5, 0.6) is 23.0 Å². The molecule has 2 atom stereocenters.